The van der Waals surface area contributed by atoms with E-state index in [1.807, 2.05) is 60.8 Å². The number of fused-ring (bicyclic) bond motifs is 1. The van der Waals surface area contributed by atoms with Crippen LogP contribution in [-0.4, -0.2) is 74.3 Å². The highest BCUT2D eigenvalue weighted by Gasteiger charge is 2.29. The monoisotopic (exact) mass is 562 g/mol. The quantitative estimate of drug-likeness (QED) is 0.217. The van der Waals surface area contributed by atoms with Crippen LogP contribution < -0.4 is 10.6 Å². The lowest BCUT2D eigenvalue weighted by Crippen LogP contribution is -2.49. The van der Waals surface area contributed by atoms with Crippen LogP contribution in [0, 0.1) is 0 Å². The van der Waals surface area contributed by atoms with Crippen LogP contribution in [0.4, 0.5) is 11.5 Å². The summed E-state index contributed by atoms with van der Waals surface area (Å²) >= 11 is 0. The number of anilines is 2. The number of carbonyl (C=O) groups excluding carboxylic acids is 1. The van der Waals surface area contributed by atoms with E-state index in [4.69, 9.17) is 9.72 Å². The zero-order valence-corrected chi connectivity index (χ0v) is 23.3. The number of H-pyrrole nitrogens is 2. The van der Waals surface area contributed by atoms with Crippen molar-refractivity contribution < 1.29 is 9.53 Å². The molecule has 1 aliphatic heterocycles. The molecule has 1 aliphatic carbocycles. The number of hydrogen-bond acceptors (Lipinski definition) is 7. The Morgan fingerprint density at radius 2 is 1.83 bits per heavy atom. The van der Waals surface area contributed by atoms with Crippen molar-refractivity contribution in [1.29, 1.82) is 0 Å². The highest BCUT2D eigenvalue weighted by molar-refractivity contribution is 5.98. The molecule has 0 radical (unpaired) electrons. The molecule has 2 fully saturated rings. The number of aromatic nitrogens is 5. The summed E-state index contributed by atoms with van der Waals surface area (Å²) < 4.78 is 5.52. The van der Waals surface area contributed by atoms with E-state index in [-0.39, 0.29) is 11.9 Å². The topological polar surface area (TPSA) is 124 Å². The minimum Gasteiger partial charge on any atom is -0.379 e. The first-order valence-electron chi connectivity index (χ1n) is 14.6. The number of nitrogens with zero attached hydrogens (tertiary/aromatic N) is 4. The van der Waals surface area contributed by atoms with Gasteiger partial charge in [0, 0.05) is 65.3 Å². The van der Waals surface area contributed by atoms with Crippen LogP contribution >= 0.6 is 0 Å². The molecule has 2 aliphatic rings. The third kappa shape index (κ3) is 5.77. The lowest BCUT2D eigenvalue weighted by Gasteiger charge is -2.39. The van der Waals surface area contributed by atoms with Gasteiger partial charge in [0.05, 0.1) is 19.4 Å². The summed E-state index contributed by atoms with van der Waals surface area (Å²) in [5, 5.41) is 14.5. The molecule has 1 saturated heterocycles. The van der Waals surface area contributed by atoms with E-state index in [0.717, 1.165) is 78.8 Å². The number of aromatic amines is 2. The number of benzene rings is 2. The summed E-state index contributed by atoms with van der Waals surface area (Å²) in [4.78, 5) is 28.3. The summed E-state index contributed by atoms with van der Waals surface area (Å²) in [5.41, 5.74) is 5.38. The zero-order chi connectivity index (χ0) is 28.3. The van der Waals surface area contributed by atoms with Gasteiger partial charge in [-0.3, -0.25) is 14.8 Å². The normalized spacial score (nSPS) is 19.5. The van der Waals surface area contributed by atoms with Crippen molar-refractivity contribution in [1.82, 2.24) is 35.4 Å². The molecule has 1 amide bonds. The lowest BCUT2D eigenvalue weighted by atomic mass is 9.89. The van der Waals surface area contributed by atoms with Crippen molar-refractivity contribution in [2.75, 3.05) is 31.6 Å². The SMILES string of the molecule is O=C(NC1CCCC(N2CCOCC2)C1)c1cc2ccc(-c3nccc(Nc4ccc(-c5cn[nH]c5)cc4)n3)cc2[nH]1. The summed E-state index contributed by atoms with van der Waals surface area (Å²) in [6.07, 6.45) is 9.75. The maximum Gasteiger partial charge on any atom is 0.267 e. The molecule has 214 valence electrons. The number of carbonyl (C=O) groups is 1. The van der Waals surface area contributed by atoms with Crippen LogP contribution in [0.2, 0.25) is 0 Å². The number of morpholine rings is 1. The molecule has 4 N–H and O–H groups in total. The van der Waals surface area contributed by atoms with Crippen LogP contribution in [0.5, 0.6) is 0 Å². The lowest BCUT2D eigenvalue weighted by molar-refractivity contribution is 0.00551. The van der Waals surface area contributed by atoms with Crippen LogP contribution in [0.15, 0.2) is 73.2 Å². The first-order valence-corrected chi connectivity index (χ1v) is 14.6. The Balaban J connectivity index is 1.02. The van der Waals surface area contributed by atoms with Gasteiger partial charge in [-0.15, -0.1) is 0 Å². The minimum absolute atomic E-state index is 0.0541. The van der Waals surface area contributed by atoms with Crippen molar-refractivity contribution in [2.45, 2.75) is 37.8 Å². The van der Waals surface area contributed by atoms with E-state index in [0.29, 0.717) is 23.4 Å². The Hall–Kier alpha value is -4.54. The van der Waals surface area contributed by atoms with E-state index in [9.17, 15) is 4.79 Å². The molecule has 10 heteroatoms. The predicted octanol–water partition coefficient (Wildman–Crippen LogP) is 5.13. The number of rotatable bonds is 7. The summed E-state index contributed by atoms with van der Waals surface area (Å²) in [5.74, 6) is 1.25. The average Bonchev–Trinajstić information content (AvgIpc) is 3.73. The molecular formula is C32H34N8O2. The first-order chi connectivity index (χ1) is 20.7. The second-order valence-corrected chi connectivity index (χ2v) is 11.1. The third-order valence-electron chi connectivity index (χ3n) is 8.31. The van der Waals surface area contributed by atoms with Crippen LogP contribution in [0.1, 0.15) is 36.2 Å². The van der Waals surface area contributed by atoms with Crippen molar-refractivity contribution >= 4 is 28.3 Å². The van der Waals surface area contributed by atoms with Crippen molar-refractivity contribution in [3.63, 3.8) is 0 Å². The fourth-order valence-corrected chi connectivity index (χ4v) is 6.09. The highest BCUT2D eigenvalue weighted by Crippen LogP contribution is 2.27. The van der Waals surface area contributed by atoms with E-state index < -0.39 is 0 Å². The van der Waals surface area contributed by atoms with Gasteiger partial charge in [0.15, 0.2) is 5.82 Å². The zero-order valence-electron chi connectivity index (χ0n) is 23.3. The second-order valence-electron chi connectivity index (χ2n) is 11.1. The molecule has 2 unspecified atom stereocenters. The molecule has 0 spiro atoms. The highest BCUT2D eigenvalue weighted by atomic mass is 16.5. The summed E-state index contributed by atoms with van der Waals surface area (Å²) in [7, 11) is 0. The third-order valence-corrected chi connectivity index (χ3v) is 8.31. The Morgan fingerprint density at radius 1 is 0.976 bits per heavy atom. The molecule has 1 saturated carbocycles. The van der Waals surface area contributed by atoms with Gasteiger partial charge in [0.1, 0.15) is 11.5 Å². The number of ether oxygens (including phenoxy) is 1. The van der Waals surface area contributed by atoms with Gasteiger partial charge < -0.3 is 20.4 Å². The molecule has 7 rings (SSSR count). The standard InChI is InChI=1S/C32H34N8O2/c41-32(37-26-2-1-3-27(18-26)40-12-14-42-15-13-40)29-16-22-4-5-23(17-28(22)38-29)31-33-11-10-30(39-31)36-25-8-6-21(7-9-25)24-19-34-35-20-24/h4-11,16-17,19-20,26-27,38H,1-3,12-15,18H2,(H,34,35)(H,37,41)(H,33,36,39). The van der Waals surface area contributed by atoms with E-state index >= 15 is 0 Å². The molecule has 4 heterocycles. The van der Waals surface area contributed by atoms with Gasteiger partial charge >= 0.3 is 0 Å². The van der Waals surface area contributed by atoms with Gasteiger partial charge in [-0.2, -0.15) is 5.10 Å². The predicted molar refractivity (Wildman–Crippen MR) is 163 cm³/mol. The maximum absolute atomic E-state index is 13.2. The van der Waals surface area contributed by atoms with E-state index in [2.05, 4.69) is 35.7 Å². The number of nitrogens with one attached hydrogen (secondary N) is 4. The molecule has 2 aromatic carbocycles. The largest absolute Gasteiger partial charge is 0.379 e. The van der Waals surface area contributed by atoms with Gasteiger partial charge in [0.25, 0.3) is 5.91 Å². The van der Waals surface area contributed by atoms with E-state index in [1.54, 1.807) is 12.4 Å². The van der Waals surface area contributed by atoms with Crippen molar-refractivity contribution in [2.24, 2.45) is 0 Å². The van der Waals surface area contributed by atoms with Gasteiger partial charge in [0.2, 0.25) is 0 Å². The van der Waals surface area contributed by atoms with Crippen molar-refractivity contribution in [3.05, 3.63) is 78.9 Å². The fraction of sp³-hybridized carbons (Fsp3) is 0.312. The number of amides is 1. The van der Waals surface area contributed by atoms with Gasteiger partial charge in [-0.1, -0.05) is 24.3 Å². The van der Waals surface area contributed by atoms with Crippen LogP contribution in [0.3, 0.4) is 0 Å². The van der Waals surface area contributed by atoms with Gasteiger partial charge in [-0.05, 0) is 61.6 Å². The Bertz CT molecular complexity index is 1660. The molecule has 2 atom stereocenters. The minimum atomic E-state index is -0.0541. The summed E-state index contributed by atoms with van der Waals surface area (Å²) in [6, 6.07) is 18.6. The molecular weight excluding hydrogens is 528 g/mol. The fourth-order valence-electron chi connectivity index (χ4n) is 6.09. The molecule has 3 aromatic heterocycles. The average molecular weight is 563 g/mol. The molecule has 42 heavy (non-hydrogen) atoms. The molecule has 0 bridgehead atoms. The second kappa shape index (κ2) is 11.8. The maximum atomic E-state index is 13.2. The van der Waals surface area contributed by atoms with Crippen molar-refractivity contribution in [3.8, 4) is 22.5 Å². The Labute approximate surface area is 243 Å². The van der Waals surface area contributed by atoms with E-state index in [1.165, 1.54) is 6.42 Å². The molecule has 10 nitrogen and oxygen atoms in total. The Morgan fingerprint density at radius 3 is 2.67 bits per heavy atom. The summed E-state index contributed by atoms with van der Waals surface area (Å²) in [6.45, 7) is 3.58. The first kappa shape index (κ1) is 26.4. The van der Waals surface area contributed by atoms with Crippen LogP contribution in [0.25, 0.3) is 33.4 Å². The van der Waals surface area contributed by atoms with Crippen LogP contribution in [-0.2, 0) is 4.74 Å². The van der Waals surface area contributed by atoms with Gasteiger partial charge in [-0.25, -0.2) is 9.97 Å². The smallest absolute Gasteiger partial charge is 0.267 e. The molecule has 5 aromatic rings. The number of hydrogen-bond donors (Lipinski definition) is 4. The Kier molecular flexibility index (Phi) is 7.38.